The summed E-state index contributed by atoms with van der Waals surface area (Å²) in [5, 5.41) is 9.77. The molecule has 0 amide bonds. The van der Waals surface area contributed by atoms with Gasteiger partial charge in [-0.1, -0.05) is 35.6 Å². The molecule has 1 aliphatic rings. The quantitative estimate of drug-likeness (QED) is 0.587. The summed E-state index contributed by atoms with van der Waals surface area (Å²) in [4.78, 5) is 31.7. The maximum atomic E-state index is 13.5. The van der Waals surface area contributed by atoms with E-state index in [-0.39, 0.29) is 17.4 Å². The third-order valence-electron chi connectivity index (χ3n) is 5.18. The van der Waals surface area contributed by atoms with Crippen LogP contribution in [0.3, 0.4) is 0 Å². The van der Waals surface area contributed by atoms with Crippen molar-refractivity contribution in [2.45, 2.75) is 32.9 Å². The number of carbonyl (C=O) groups is 1. The van der Waals surface area contributed by atoms with Crippen molar-refractivity contribution in [3.63, 3.8) is 0 Å². The largest absolute Gasteiger partial charge is 0.508 e. The molecule has 0 saturated carbocycles. The Morgan fingerprint density at radius 2 is 1.94 bits per heavy atom. The van der Waals surface area contributed by atoms with Gasteiger partial charge in [-0.2, -0.15) is 0 Å². The Balaban J connectivity index is 1.94. The molecule has 0 radical (unpaired) electrons. The first-order chi connectivity index (χ1) is 15.8. The van der Waals surface area contributed by atoms with Gasteiger partial charge in [0.15, 0.2) is 4.80 Å². The van der Waals surface area contributed by atoms with Crippen molar-refractivity contribution in [3.8, 4) is 11.5 Å². The van der Waals surface area contributed by atoms with Gasteiger partial charge >= 0.3 is 5.97 Å². The molecule has 0 aliphatic carbocycles. The first-order valence-electron chi connectivity index (χ1n) is 10.4. The van der Waals surface area contributed by atoms with E-state index < -0.39 is 12.0 Å². The third-order valence-corrected chi connectivity index (χ3v) is 6.17. The topological polar surface area (TPSA) is 90.1 Å². The van der Waals surface area contributed by atoms with Gasteiger partial charge in [0.2, 0.25) is 0 Å². The molecule has 0 saturated heterocycles. The summed E-state index contributed by atoms with van der Waals surface area (Å²) in [5.74, 6) is 0.276. The Bertz CT molecular complexity index is 1410. The van der Waals surface area contributed by atoms with E-state index in [9.17, 15) is 14.7 Å². The lowest BCUT2D eigenvalue weighted by Gasteiger charge is -2.25. The van der Waals surface area contributed by atoms with Crippen molar-refractivity contribution in [2.24, 2.45) is 4.99 Å². The molecular weight excluding hydrogens is 440 g/mol. The van der Waals surface area contributed by atoms with Crippen molar-refractivity contribution in [3.05, 3.63) is 90.6 Å². The number of aromatic hydroxyl groups is 1. The number of allylic oxidation sites excluding steroid dienone is 1. The number of rotatable bonds is 5. The maximum absolute atomic E-state index is 13.5. The highest BCUT2D eigenvalue weighted by Gasteiger charge is 2.33. The Morgan fingerprint density at radius 3 is 2.58 bits per heavy atom. The number of carbonyl (C=O) groups excluding carboxylic acids is 1. The van der Waals surface area contributed by atoms with E-state index >= 15 is 0 Å². The second-order valence-electron chi connectivity index (χ2n) is 7.90. The number of aromatic nitrogens is 1. The fraction of sp³-hybridized carbons (Fsp3) is 0.240. The molecule has 1 aromatic heterocycles. The molecule has 170 valence electrons. The molecule has 1 atom stereocenters. The van der Waals surface area contributed by atoms with Gasteiger partial charge in [-0.25, -0.2) is 9.79 Å². The third kappa shape index (κ3) is 4.47. The van der Waals surface area contributed by atoms with E-state index in [1.807, 2.05) is 12.1 Å². The summed E-state index contributed by atoms with van der Waals surface area (Å²) in [5.41, 5.74) is 1.99. The van der Waals surface area contributed by atoms with Gasteiger partial charge in [0.05, 0.1) is 35.1 Å². The van der Waals surface area contributed by atoms with E-state index in [4.69, 9.17) is 9.47 Å². The van der Waals surface area contributed by atoms with Crippen LogP contribution in [-0.2, 0) is 9.53 Å². The number of fused-ring (bicyclic) bond motifs is 1. The number of benzene rings is 2. The molecule has 0 bridgehead atoms. The van der Waals surface area contributed by atoms with Crippen LogP contribution in [0.1, 0.15) is 37.9 Å². The van der Waals surface area contributed by atoms with E-state index in [1.165, 1.54) is 15.9 Å². The van der Waals surface area contributed by atoms with E-state index in [1.54, 1.807) is 70.4 Å². The van der Waals surface area contributed by atoms with Gasteiger partial charge in [0, 0.05) is 0 Å². The summed E-state index contributed by atoms with van der Waals surface area (Å²) in [6.45, 7) is 5.31. The van der Waals surface area contributed by atoms with Crippen LogP contribution in [0.15, 0.2) is 69.6 Å². The van der Waals surface area contributed by atoms with Crippen molar-refractivity contribution in [1.29, 1.82) is 0 Å². The lowest BCUT2D eigenvalue weighted by Crippen LogP contribution is -2.40. The average molecular weight is 465 g/mol. The monoisotopic (exact) mass is 464 g/mol. The number of hydrogen-bond acceptors (Lipinski definition) is 7. The number of phenols is 1. The molecule has 1 unspecified atom stereocenters. The Kier molecular flexibility index (Phi) is 6.20. The van der Waals surface area contributed by atoms with Crippen molar-refractivity contribution >= 4 is 23.4 Å². The van der Waals surface area contributed by atoms with Crippen LogP contribution in [0.25, 0.3) is 6.08 Å². The van der Waals surface area contributed by atoms with Crippen LogP contribution in [0.2, 0.25) is 0 Å². The summed E-state index contributed by atoms with van der Waals surface area (Å²) in [6.07, 6.45) is 1.39. The first kappa shape index (κ1) is 22.5. The number of methoxy groups -OCH3 is 1. The summed E-state index contributed by atoms with van der Waals surface area (Å²) >= 11 is 1.24. The predicted molar refractivity (Wildman–Crippen MR) is 126 cm³/mol. The summed E-state index contributed by atoms with van der Waals surface area (Å²) in [6, 6.07) is 13.2. The number of thiazole rings is 1. The molecule has 8 heteroatoms. The van der Waals surface area contributed by atoms with Crippen LogP contribution in [0, 0.1) is 0 Å². The van der Waals surface area contributed by atoms with Crippen LogP contribution >= 0.6 is 11.3 Å². The van der Waals surface area contributed by atoms with Crippen molar-refractivity contribution in [1.82, 2.24) is 4.57 Å². The van der Waals surface area contributed by atoms with E-state index in [2.05, 4.69) is 4.99 Å². The standard InChI is InChI=1S/C25H24N2O5S/c1-14(2)32-24(30)21-15(3)26-25-27(22(21)17-8-10-19(31-4)11-9-17)23(29)20(33-25)13-16-6-5-7-18(28)12-16/h5-14,22,28H,1-4H3. The average Bonchev–Trinajstić information content (AvgIpc) is 3.07. The van der Waals surface area contributed by atoms with Gasteiger partial charge < -0.3 is 14.6 Å². The molecule has 1 N–H and O–H groups in total. The molecule has 2 aromatic carbocycles. The number of esters is 1. The fourth-order valence-electron chi connectivity index (χ4n) is 3.73. The summed E-state index contributed by atoms with van der Waals surface area (Å²) < 4.78 is 12.7. The molecular formula is C25H24N2O5S. The van der Waals surface area contributed by atoms with Crippen LogP contribution < -0.4 is 19.6 Å². The van der Waals surface area contributed by atoms with Crippen molar-refractivity contribution in [2.75, 3.05) is 7.11 Å². The molecule has 4 rings (SSSR count). The van der Waals surface area contributed by atoms with Gasteiger partial charge in [0.25, 0.3) is 5.56 Å². The van der Waals surface area contributed by atoms with Gasteiger partial charge in [-0.15, -0.1) is 0 Å². The zero-order valence-electron chi connectivity index (χ0n) is 18.7. The molecule has 7 nitrogen and oxygen atoms in total. The number of nitrogens with zero attached hydrogens (tertiary/aromatic N) is 2. The van der Waals surface area contributed by atoms with Gasteiger partial charge in [-0.05, 0) is 62.2 Å². The SMILES string of the molecule is COc1ccc(C2C(C(=O)OC(C)C)=C(C)N=c3sc(=Cc4cccc(O)c4)c(=O)n32)cc1. The molecule has 1 aliphatic heterocycles. The molecule has 33 heavy (non-hydrogen) atoms. The van der Waals surface area contributed by atoms with E-state index in [0.717, 1.165) is 5.56 Å². The van der Waals surface area contributed by atoms with Crippen LogP contribution in [-0.4, -0.2) is 28.9 Å². The minimum atomic E-state index is -0.690. The number of phenolic OH excluding ortho intramolecular Hbond substituents is 1. The smallest absolute Gasteiger partial charge is 0.338 e. The lowest BCUT2D eigenvalue weighted by molar-refractivity contribution is -0.143. The Hall–Kier alpha value is -3.65. The van der Waals surface area contributed by atoms with Crippen LogP contribution in [0.5, 0.6) is 11.5 Å². The molecule has 0 spiro atoms. The number of hydrogen-bond donors (Lipinski definition) is 1. The highest BCUT2D eigenvalue weighted by Crippen LogP contribution is 2.31. The fourth-order valence-corrected chi connectivity index (χ4v) is 4.77. The molecule has 2 heterocycles. The highest BCUT2D eigenvalue weighted by molar-refractivity contribution is 7.07. The predicted octanol–water partition coefficient (Wildman–Crippen LogP) is 2.90. The van der Waals surface area contributed by atoms with E-state index in [0.29, 0.717) is 31.9 Å². The van der Waals surface area contributed by atoms with Crippen LogP contribution in [0.4, 0.5) is 0 Å². The highest BCUT2D eigenvalue weighted by atomic mass is 32.1. The Labute approximate surface area is 194 Å². The normalized spacial score (nSPS) is 15.9. The van der Waals surface area contributed by atoms with Gasteiger partial charge in [-0.3, -0.25) is 9.36 Å². The minimum Gasteiger partial charge on any atom is -0.508 e. The maximum Gasteiger partial charge on any atom is 0.338 e. The number of ether oxygens (including phenoxy) is 2. The summed E-state index contributed by atoms with van der Waals surface area (Å²) in [7, 11) is 1.58. The zero-order valence-corrected chi connectivity index (χ0v) is 19.6. The first-order valence-corrected chi connectivity index (χ1v) is 11.3. The zero-order chi connectivity index (χ0) is 23.7. The molecule has 3 aromatic rings. The lowest BCUT2D eigenvalue weighted by atomic mass is 9.96. The minimum absolute atomic E-state index is 0.113. The second kappa shape index (κ2) is 9.07. The van der Waals surface area contributed by atoms with Gasteiger partial charge in [0.1, 0.15) is 11.5 Å². The second-order valence-corrected chi connectivity index (χ2v) is 8.91. The molecule has 0 fully saturated rings. The Morgan fingerprint density at radius 1 is 1.21 bits per heavy atom. The van der Waals surface area contributed by atoms with Crippen molar-refractivity contribution < 1.29 is 19.4 Å².